The molecule has 0 atom stereocenters. The number of aromatic nitrogens is 1. The van der Waals surface area contributed by atoms with Gasteiger partial charge in [0.15, 0.2) is 0 Å². The molecular weight excluding hydrogens is 272 g/mol. The Hall–Kier alpha value is -2.93. The van der Waals surface area contributed by atoms with Crippen molar-refractivity contribution in [3.05, 3.63) is 64.2 Å². The van der Waals surface area contributed by atoms with Crippen LogP contribution in [0.4, 0.5) is 11.5 Å². The topological polar surface area (TPSA) is 103 Å². The molecule has 0 unspecified atom stereocenters. The van der Waals surface area contributed by atoms with Crippen molar-refractivity contribution in [2.75, 3.05) is 12.0 Å². The van der Waals surface area contributed by atoms with Gasteiger partial charge >= 0.3 is 5.69 Å². The lowest BCUT2D eigenvalue weighted by Gasteiger charge is -2.05. The molecule has 0 aliphatic carbocycles. The lowest BCUT2D eigenvalue weighted by Crippen LogP contribution is -2.10. The summed E-state index contributed by atoms with van der Waals surface area (Å²) in [7, 11) is 0. The number of hydrazine groups is 1. The number of ether oxygens (including phenoxy) is 1. The van der Waals surface area contributed by atoms with E-state index in [9.17, 15) is 10.1 Å². The van der Waals surface area contributed by atoms with Gasteiger partial charge in [-0.25, -0.2) is 5.84 Å². The summed E-state index contributed by atoms with van der Waals surface area (Å²) in [5.41, 5.74) is 3.13. The maximum absolute atomic E-state index is 10.9. The van der Waals surface area contributed by atoms with Crippen molar-refractivity contribution in [1.29, 1.82) is 0 Å². The van der Waals surface area contributed by atoms with Gasteiger partial charge in [0.05, 0.1) is 4.92 Å². The molecule has 0 saturated heterocycles. The SMILES string of the molecule is NNc1ccc([N+](=O)[O-])c(OC/C=C/c2ccccc2)n1. The Balaban J connectivity index is 2.05. The Bertz CT molecular complexity index is 644. The standard InChI is InChI=1S/C14H14N4O3/c15-17-13-9-8-12(18(19)20)14(16-13)21-10-4-7-11-5-2-1-3-6-11/h1-9H,10,15H2,(H,16,17)/b7-4+. The molecule has 1 aromatic heterocycles. The normalized spacial score (nSPS) is 10.5. The summed E-state index contributed by atoms with van der Waals surface area (Å²) in [6, 6.07) is 12.3. The molecule has 7 heteroatoms. The monoisotopic (exact) mass is 286 g/mol. The number of pyridine rings is 1. The van der Waals surface area contributed by atoms with Gasteiger partial charge < -0.3 is 10.2 Å². The summed E-state index contributed by atoms with van der Waals surface area (Å²) < 4.78 is 5.33. The van der Waals surface area contributed by atoms with Crippen LogP contribution in [0.2, 0.25) is 0 Å². The zero-order valence-corrected chi connectivity index (χ0v) is 11.1. The van der Waals surface area contributed by atoms with Crippen molar-refractivity contribution >= 4 is 17.6 Å². The fraction of sp³-hybridized carbons (Fsp3) is 0.0714. The second kappa shape index (κ2) is 7.01. The fourth-order valence-corrected chi connectivity index (χ4v) is 1.63. The molecule has 0 radical (unpaired) electrons. The molecule has 0 aliphatic heterocycles. The van der Waals surface area contributed by atoms with Crippen LogP contribution in [-0.4, -0.2) is 16.5 Å². The first kappa shape index (κ1) is 14.5. The smallest absolute Gasteiger partial charge is 0.331 e. The molecule has 0 bridgehead atoms. The zero-order valence-electron chi connectivity index (χ0n) is 11.1. The quantitative estimate of drug-likeness (QED) is 0.480. The number of nitro groups is 1. The highest BCUT2D eigenvalue weighted by atomic mass is 16.6. The zero-order chi connectivity index (χ0) is 15.1. The number of nitrogens with zero attached hydrogens (tertiary/aromatic N) is 2. The number of benzene rings is 1. The van der Waals surface area contributed by atoms with E-state index in [2.05, 4.69) is 10.4 Å². The molecule has 108 valence electrons. The molecule has 0 amide bonds. The predicted molar refractivity (Wildman–Crippen MR) is 79.7 cm³/mol. The number of nitrogen functional groups attached to an aromatic ring is 1. The van der Waals surface area contributed by atoms with Crippen LogP contribution in [0.25, 0.3) is 6.08 Å². The maximum Gasteiger partial charge on any atom is 0.331 e. The van der Waals surface area contributed by atoms with Crippen molar-refractivity contribution < 1.29 is 9.66 Å². The minimum absolute atomic E-state index is 0.0758. The van der Waals surface area contributed by atoms with Crippen molar-refractivity contribution in [3.63, 3.8) is 0 Å². The Labute approximate surface area is 121 Å². The van der Waals surface area contributed by atoms with Gasteiger partial charge in [0, 0.05) is 6.07 Å². The van der Waals surface area contributed by atoms with Crippen LogP contribution in [-0.2, 0) is 0 Å². The highest BCUT2D eigenvalue weighted by molar-refractivity contribution is 5.50. The highest BCUT2D eigenvalue weighted by Gasteiger charge is 2.17. The first-order valence-electron chi connectivity index (χ1n) is 6.17. The minimum atomic E-state index is -0.552. The summed E-state index contributed by atoms with van der Waals surface area (Å²) in [6.45, 7) is 0.163. The predicted octanol–water partition coefficient (Wildman–Crippen LogP) is 2.37. The Morgan fingerprint density at radius 3 is 2.71 bits per heavy atom. The number of hydrogen-bond donors (Lipinski definition) is 2. The summed E-state index contributed by atoms with van der Waals surface area (Å²) in [4.78, 5) is 14.3. The van der Waals surface area contributed by atoms with Crippen LogP contribution in [0.5, 0.6) is 5.88 Å². The third-order valence-corrected chi connectivity index (χ3v) is 2.61. The van der Waals surface area contributed by atoms with Crippen LogP contribution < -0.4 is 16.0 Å². The molecule has 0 saturated carbocycles. The van der Waals surface area contributed by atoms with E-state index >= 15 is 0 Å². The summed E-state index contributed by atoms with van der Waals surface area (Å²) in [6.07, 6.45) is 3.61. The third-order valence-electron chi connectivity index (χ3n) is 2.61. The Morgan fingerprint density at radius 2 is 2.05 bits per heavy atom. The first-order valence-corrected chi connectivity index (χ1v) is 6.17. The van der Waals surface area contributed by atoms with Gasteiger partial charge in [0.25, 0.3) is 5.88 Å². The van der Waals surface area contributed by atoms with E-state index in [1.807, 2.05) is 36.4 Å². The summed E-state index contributed by atoms with van der Waals surface area (Å²) >= 11 is 0. The van der Waals surface area contributed by atoms with E-state index < -0.39 is 4.92 Å². The van der Waals surface area contributed by atoms with E-state index in [0.29, 0.717) is 5.82 Å². The third kappa shape index (κ3) is 4.02. The second-order valence-corrected chi connectivity index (χ2v) is 4.05. The average molecular weight is 286 g/mol. The summed E-state index contributed by atoms with van der Waals surface area (Å²) in [5.74, 6) is 5.44. The van der Waals surface area contributed by atoms with E-state index in [1.165, 1.54) is 12.1 Å². The molecule has 0 spiro atoms. The lowest BCUT2D eigenvalue weighted by atomic mass is 10.2. The van der Waals surface area contributed by atoms with Crippen LogP contribution >= 0.6 is 0 Å². The van der Waals surface area contributed by atoms with E-state index in [4.69, 9.17) is 10.6 Å². The molecule has 7 nitrogen and oxygen atoms in total. The van der Waals surface area contributed by atoms with Crippen LogP contribution in [0.1, 0.15) is 5.56 Å². The number of anilines is 1. The van der Waals surface area contributed by atoms with Crippen LogP contribution in [0, 0.1) is 10.1 Å². The molecule has 0 fully saturated rings. The molecule has 3 N–H and O–H groups in total. The second-order valence-electron chi connectivity index (χ2n) is 4.05. The van der Waals surface area contributed by atoms with E-state index in [-0.39, 0.29) is 18.2 Å². The molecule has 21 heavy (non-hydrogen) atoms. The Kier molecular flexibility index (Phi) is 4.84. The van der Waals surface area contributed by atoms with Gasteiger partial charge in [-0.15, -0.1) is 0 Å². The van der Waals surface area contributed by atoms with Gasteiger partial charge in [0.2, 0.25) is 0 Å². The van der Waals surface area contributed by atoms with E-state index in [1.54, 1.807) is 6.08 Å². The van der Waals surface area contributed by atoms with Crippen molar-refractivity contribution in [2.45, 2.75) is 0 Å². The number of rotatable bonds is 6. The van der Waals surface area contributed by atoms with Gasteiger partial charge in [-0.2, -0.15) is 4.98 Å². The number of nitrogens with one attached hydrogen (secondary N) is 1. The van der Waals surface area contributed by atoms with E-state index in [0.717, 1.165) is 5.56 Å². The summed E-state index contributed by atoms with van der Waals surface area (Å²) in [5, 5.41) is 10.9. The highest BCUT2D eigenvalue weighted by Crippen LogP contribution is 2.25. The van der Waals surface area contributed by atoms with Gasteiger partial charge in [0.1, 0.15) is 12.4 Å². The number of hydrogen-bond acceptors (Lipinski definition) is 6. The van der Waals surface area contributed by atoms with Crippen LogP contribution in [0.3, 0.4) is 0 Å². The molecule has 0 aliphatic rings. The number of nitrogens with two attached hydrogens (primary N) is 1. The van der Waals surface area contributed by atoms with Crippen molar-refractivity contribution in [1.82, 2.24) is 4.98 Å². The Morgan fingerprint density at radius 1 is 1.29 bits per heavy atom. The van der Waals surface area contributed by atoms with Crippen LogP contribution in [0.15, 0.2) is 48.5 Å². The maximum atomic E-state index is 10.9. The molecule has 1 aromatic carbocycles. The van der Waals surface area contributed by atoms with Crippen molar-refractivity contribution in [2.24, 2.45) is 5.84 Å². The van der Waals surface area contributed by atoms with Gasteiger partial charge in [-0.3, -0.25) is 10.1 Å². The molecule has 1 heterocycles. The minimum Gasteiger partial charge on any atom is -0.469 e. The molecular formula is C14H14N4O3. The first-order chi connectivity index (χ1) is 10.2. The van der Waals surface area contributed by atoms with Crippen molar-refractivity contribution in [3.8, 4) is 5.88 Å². The lowest BCUT2D eigenvalue weighted by molar-refractivity contribution is -0.386. The molecule has 2 aromatic rings. The van der Waals surface area contributed by atoms with Gasteiger partial charge in [-0.05, 0) is 17.7 Å². The largest absolute Gasteiger partial charge is 0.469 e. The molecule has 2 rings (SSSR count). The fourth-order valence-electron chi connectivity index (χ4n) is 1.63. The van der Waals surface area contributed by atoms with Gasteiger partial charge in [-0.1, -0.05) is 36.4 Å². The average Bonchev–Trinajstić information content (AvgIpc) is 2.52.